The normalized spacial score (nSPS) is 26.9. The van der Waals surface area contributed by atoms with Gasteiger partial charge in [-0.2, -0.15) is 0 Å². The highest BCUT2D eigenvalue weighted by atomic mass is 32.2. The Balaban J connectivity index is 1.68. The van der Waals surface area contributed by atoms with E-state index >= 15 is 0 Å². The van der Waals surface area contributed by atoms with Crippen molar-refractivity contribution < 1.29 is 8.42 Å². The van der Waals surface area contributed by atoms with Crippen LogP contribution in [0.1, 0.15) is 51.9 Å². The molecule has 6 heteroatoms. The maximum absolute atomic E-state index is 12.2. The van der Waals surface area contributed by atoms with Crippen LogP contribution in [0.3, 0.4) is 0 Å². The summed E-state index contributed by atoms with van der Waals surface area (Å²) in [6.07, 6.45) is 7.42. The van der Waals surface area contributed by atoms with E-state index < -0.39 is 10.0 Å². The average Bonchev–Trinajstić information content (AvgIpc) is 2.85. The summed E-state index contributed by atoms with van der Waals surface area (Å²) in [7, 11) is -3.11. The highest BCUT2D eigenvalue weighted by molar-refractivity contribution is 7.89. The van der Waals surface area contributed by atoms with Crippen LogP contribution in [0.4, 0.5) is 0 Å². The molecule has 2 aliphatic heterocycles. The Hall–Kier alpha value is -0.170. The lowest BCUT2D eigenvalue weighted by atomic mass is 10.00. The van der Waals surface area contributed by atoms with Gasteiger partial charge in [-0.3, -0.25) is 4.90 Å². The molecule has 2 unspecified atom stereocenters. The van der Waals surface area contributed by atoms with Gasteiger partial charge in [-0.05, 0) is 58.2 Å². The second kappa shape index (κ2) is 8.46. The van der Waals surface area contributed by atoms with E-state index in [1.54, 1.807) is 0 Å². The van der Waals surface area contributed by atoms with Gasteiger partial charge in [0, 0.05) is 18.6 Å². The second-order valence-electron chi connectivity index (χ2n) is 6.39. The van der Waals surface area contributed by atoms with Gasteiger partial charge in [0.15, 0.2) is 0 Å². The van der Waals surface area contributed by atoms with Crippen LogP contribution in [0.2, 0.25) is 0 Å². The topological polar surface area (TPSA) is 61.4 Å². The number of unbranched alkanes of at least 4 members (excludes halogenated alkanes) is 1. The molecule has 2 heterocycles. The Morgan fingerprint density at radius 3 is 2.76 bits per heavy atom. The number of hydrogen-bond acceptors (Lipinski definition) is 4. The zero-order valence-corrected chi connectivity index (χ0v) is 14.1. The van der Waals surface area contributed by atoms with Gasteiger partial charge >= 0.3 is 0 Å². The van der Waals surface area contributed by atoms with E-state index in [1.165, 1.54) is 12.8 Å². The molecule has 2 N–H and O–H groups in total. The summed E-state index contributed by atoms with van der Waals surface area (Å²) in [6, 6.07) is 0.591. The van der Waals surface area contributed by atoms with Gasteiger partial charge < -0.3 is 5.32 Å². The van der Waals surface area contributed by atoms with E-state index in [2.05, 4.69) is 21.9 Å². The molecule has 0 spiro atoms. The molecule has 0 saturated carbocycles. The average molecular weight is 317 g/mol. The third kappa shape index (κ3) is 5.51. The van der Waals surface area contributed by atoms with Crippen molar-refractivity contribution in [1.29, 1.82) is 0 Å². The predicted molar refractivity (Wildman–Crippen MR) is 86.9 cm³/mol. The summed E-state index contributed by atoms with van der Waals surface area (Å²) >= 11 is 0. The number of sulfonamides is 1. The lowest BCUT2D eigenvalue weighted by Crippen LogP contribution is -2.47. The fraction of sp³-hybridized carbons (Fsp3) is 1.00. The molecule has 2 aliphatic rings. The minimum absolute atomic E-state index is 0.147. The molecular formula is C15H31N3O2S. The third-order valence-electron chi connectivity index (χ3n) is 4.63. The fourth-order valence-corrected chi connectivity index (χ4v) is 4.96. The smallest absolute Gasteiger partial charge is 0.211 e. The van der Waals surface area contributed by atoms with Crippen LogP contribution in [-0.4, -0.2) is 57.3 Å². The van der Waals surface area contributed by atoms with Crippen molar-refractivity contribution in [3.63, 3.8) is 0 Å². The second-order valence-corrected chi connectivity index (χ2v) is 8.26. The van der Waals surface area contributed by atoms with Gasteiger partial charge in [0.2, 0.25) is 10.0 Å². The number of nitrogens with zero attached hydrogens (tertiary/aromatic N) is 1. The number of hydrogen-bond donors (Lipinski definition) is 2. The number of rotatable bonds is 9. The molecule has 0 aromatic rings. The van der Waals surface area contributed by atoms with Gasteiger partial charge in [0.1, 0.15) is 0 Å². The van der Waals surface area contributed by atoms with E-state index in [4.69, 9.17) is 0 Å². The number of fused-ring (bicyclic) bond motifs is 1. The van der Waals surface area contributed by atoms with Crippen LogP contribution >= 0.6 is 0 Å². The standard InChI is InChI=1S/C15H31N3O2S/c1-2-9-16-10-4-6-13-21(19,20)17-14-8-12-18-11-5-3-7-15(14)18/h14-17H,2-13H2,1H3. The maximum Gasteiger partial charge on any atom is 0.211 e. The van der Waals surface area contributed by atoms with Crippen molar-refractivity contribution in [3.8, 4) is 0 Å². The monoisotopic (exact) mass is 317 g/mol. The van der Waals surface area contributed by atoms with Crippen molar-refractivity contribution in [1.82, 2.24) is 14.9 Å². The Bertz CT molecular complexity index is 400. The van der Waals surface area contributed by atoms with E-state index in [0.717, 1.165) is 58.3 Å². The van der Waals surface area contributed by atoms with Crippen molar-refractivity contribution in [2.45, 2.75) is 64.0 Å². The van der Waals surface area contributed by atoms with Crippen molar-refractivity contribution in [2.75, 3.05) is 31.9 Å². The summed E-state index contributed by atoms with van der Waals surface area (Å²) in [4.78, 5) is 2.46. The van der Waals surface area contributed by atoms with Gasteiger partial charge in [-0.25, -0.2) is 13.1 Å². The van der Waals surface area contributed by atoms with Crippen molar-refractivity contribution in [2.24, 2.45) is 0 Å². The van der Waals surface area contributed by atoms with Gasteiger partial charge in [-0.1, -0.05) is 13.3 Å². The molecule has 2 fully saturated rings. The molecule has 124 valence electrons. The highest BCUT2D eigenvalue weighted by Crippen LogP contribution is 2.27. The van der Waals surface area contributed by atoms with Crippen LogP contribution in [0.25, 0.3) is 0 Å². The molecule has 5 nitrogen and oxygen atoms in total. The Labute approximate surface area is 129 Å². The molecule has 2 saturated heterocycles. The first-order valence-corrected chi connectivity index (χ1v) is 10.2. The van der Waals surface area contributed by atoms with Crippen molar-refractivity contribution in [3.05, 3.63) is 0 Å². The van der Waals surface area contributed by atoms with Crippen LogP contribution in [0.5, 0.6) is 0 Å². The van der Waals surface area contributed by atoms with Gasteiger partial charge in [-0.15, -0.1) is 0 Å². The summed E-state index contributed by atoms with van der Waals surface area (Å²) < 4.78 is 27.4. The quantitative estimate of drug-likeness (QED) is 0.630. The maximum atomic E-state index is 12.2. The lowest BCUT2D eigenvalue weighted by molar-refractivity contribution is 0.186. The SMILES string of the molecule is CCCNCCCCS(=O)(=O)NC1CCN2CCCCC12. The molecular weight excluding hydrogens is 286 g/mol. The summed E-state index contributed by atoms with van der Waals surface area (Å²) in [6.45, 7) is 6.27. The summed E-state index contributed by atoms with van der Waals surface area (Å²) in [5.74, 6) is 0.268. The molecule has 0 bridgehead atoms. The van der Waals surface area contributed by atoms with Gasteiger partial charge in [0.25, 0.3) is 0 Å². The Morgan fingerprint density at radius 1 is 1.10 bits per heavy atom. The van der Waals surface area contributed by atoms with E-state index in [9.17, 15) is 8.42 Å². The highest BCUT2D eigenvalue weighted by Gasteiger charge is 2.37. The largest absolute Gasteiger partial charge is 0.317 e. The molecule has 0 aromatic carbocycles. The molecule has 0 radical (unpaired) electrons. The number of nitrogens with one attached hydrogen (secondary N) is 2. The zero-order chi connectivity index (χ0) is 15.1. The first-order chi connectivity index (χ1) is 10.1. The fourth-order valence-electron chi connectivity index (χ4n) is 3.52. The Morgan fingerprint density at radius 2 is 1.95 bits per heavy atom. The minimum atomic E-state index is -3.11. The van der Waals surface area contributed by atoms with Crippen LogP contribution < -0.4 is 10.0 Å². The molecule has 0 amide bonds. The molecule has 21 heavy (non-hydrogen) atoms. The number of piperidine rings is 1. The molecule has 0 aliphatic carbocycles. The first-order valence-electron chi connectivity index (χ1n) is 8.57. The summed E-state index contributed by atoms with van der Waals surface area (Å²) in [5.41, 5.74) is 0. The first kappa shape index (κ1) is 17.2. The van der Waals surface area contributed by atoms with E-state index in [-0.39, 0.29) is 11.8 Å². The summed E-state index contributed by atoms with van der Waals surface area (Å²) in [5, 5.41) is 3.31. The van der Waals surface area contributed by atoms with Crippen LogP contribution in [0, 0.1) is 0 Å². The molecule has 2 rings (SSSR count). The molecule has 2 atom stereocenters. The minimum Gasteiger partial charge on any atom is -0.317 e. The zero-order valence-electron chi connectivity index (χ0n) is 13.3. The van der Waals surface area contributed by atoms with Crippen LogP contribution in [-0.2, 0) is 10.0 Å². The predicted octanol–water partition coefficient (Wildman–Crippen LogP) is 1.31. The van der Waals surface area contributed by atoms with E-state index in [1.807, 2.05) is 0 Å². The third-order valence-corrected chi connectivity index (χ3v) is 6.12. The molecule has 0 aromatic heterocycles. The van der Waals surface area contributed by atoms with E-state index in [0.29, 0.717) is 6.04 Å². The Kier molecular flexibility index (Phi) is 6.92. The lowest BCUT2D eigenvalue weighted by Gasteiger charge is -2.32. The van der Waals surface area contributed by atoms with Crippen LogP contribution in [0.15, 0.2) is 0 Å². The van der Waals surface area contributed by atoms with Crippen molar-refractivity contribution >= 4 is 10.0 Å². The van der Waals surface area contributed by atoms with Gasteiger partial charge in [0.05, 0.1) is 5.75 Å².